The largest absolute Gasteiger partial charge is 0.443 e. The number of nitrogens with two attached hydrogens (primary N) is 2. The first-order valence-electron chi connectivity index (χ1n) is 8.00. The molecule has 2 aromatic rings. The molecule has 2 aromatic carbocycles. The summed E-state index contributed by atoms with van der Waals surface area (Å²) in [5, 5.41) is 0. The van der Waals surface area contributed by atoms with Crippen LogP contribution in [-0.4, -0.2) is 11.7 Å². The van der Waals surface area contributed by atoms with Gasteiger partial charge < -0.3 is 16.2 Å². The summed E-state index contributed by atoms with van der Waals surface area (Å²) in [6.07, 6.45) is -0.470. The third-order valence-electron chi connectivity index (χ3n) is 2.86. The Kier molecular flexibility index (Phi) is 6.65. The Morgan fingerprint density at radius 3 is 2.00 bits per heavy atom. The molecule has 4 N–H and O–H groups in total. The first-order valence-corrected chi connectivity index (χ1v) is 8.00. The molecule has 0 radical (unpaired) electrons. The molecule has 24 heavy (non-hydrogen) atoms. The molecular weight excluding hydrogens is 302 g/mol. The van der Waals surface area contributed by atoms with E-state index in [2.05, 4.69) is 0 Å². The summed E-state index contributed by atoms with van der Waals surface area (Å²) in [5.74, 6) is 0. The molecule has 0 atom stereocenters. The highest BCUT2D eigenvalue weighted by atomic mass is 16.6. The fraction of sp³-hybridized carbons (Fsp3) is 0.316. The van der Waals surface area contributed by atoms with Gasteiger partial charge in [-0.15, -0.1) is 0 Å². The molecule has 1 amide bonds. The molecule has 0 aliphatic rings. The predicted octanol–water partition coefficient (Wildman–Crippen LogP) is 4.95. The summed E-state index contributed by atoms with van der Waals surface area (Å²) in [6.45, 7) is 9.47. The lowest BCUT2D eigenvalue weighted by atomic mass is 10.2. The zero-order valence-electron chi connectivity index (χ0n) is 15.0. The van der Waals surface area contributed by atoms with Crippen LogP contribution in [0.25, 0.3) is 0 Å². The van der Waals surface area contributed by atoms with E-state index in [-0.39, 0.29) is 0 Å². The second-order valence-corrected chi connectivity index (χ2v) is 6.00. The molecule has 0 unspecified atom stereocenters. The van der Waals surface area contributed by atoms with Crippen LogP contribution in [0, 0.1) is 0 Å². The number of rotatable bonds is 2. The predicted molar refractivity (Wildman–Crippen MR) is 101 cm³/mol. The van der Waals surface area contributed by atoms with Crippen LogP contribution in [0.1, 0.15) is 34.6 Å². The van der Waals surface area contributed by atoms with Crippen LogP contribution in [0.2, 0.25) is 0 Å². The van der Waals surface area contributed by atoms with Crippen LogP contribution < -0.4 is 16.4 Å². The quantitative estimate of drug-likeness (QED) is 0.764. The molecule has 0 saturated carbocycles. The van der Waals surface area contributed by atoms with E-state index in [1.54, 1.807) is 48.5 Å². The summed E-state index contributed by atoms with van der Waals surface area (Å²) in [5.41, 5.74) is 13.4. The molecule has 0 aromatic heterocycles. The van der Waals surface area contributed by atoms with Gasteiger partial charge in [-0.05, 0) is 63.2 Å². The minimum Gasteiger partial charge on any atom is -0.443 e. The van der Waals surface area contributed by atoms with Gasteiger partial charge in [0, 0.05) is 11.4 Å². The molecule has 5 heteroatoms. The minimum absolute atomic E-state index is 0.470. The molecule has 0 saturated heterocycles. The second kappa shape index (κ2) is 8.24. The first kappa shape index (κ1) is 19.4. The molecular formula is C19H27N3O2. The van der Waals surface area contributed by atoms with Gasteiger partial charge in [0.15, 0.2) is 0 Å². The zero-order valence-corrected chi connectivity index (χ0v) is 15.0. The Bertz CT molecular complexity index is 661. The number of anilines is 4. The van der Waals surface area contributed by atoms with Crippen molar-refractivity contribution in [2.24, 2.45) is 0 Å². The van der Waals surface area contributed by atoms with E-state index in [0.29, 0.717) is 22.7 Å². The second-order valence-electron chi connectivity index (χ2n) is 6.00. The van der Waals surface area contributed by atoms with E-state index < -0.39 is 11.7 Å². The third-order valence-corrected chi connectivity index (χ3v) is 2.86. The van der Waals surface area contributed by atoms with Crippen LogP contribution in [0.5, 0.6) is 0 Å². The van der Waals surface area contributed by atoms with Gasteiger partial charge in [-0.3, -0.25) is 0 Å². The highest BCUT2D eigenvalue weighted by Gasteiger charge is 2.25. The third kappa shape index (κ3) is 5.50. The number of hydrogen-bond donors (Lipinski definition) is 2. The van der Waals surface area contributed by atoms with Crippen molar-refractivity contribution < 1.29 is 9.53 Å². The number of benzene rings is 2. The topological polar surface area (TPSA) is 81.6 Å². The maximum absolute atomic E-state index is 12.6. The zero-order chi connectivity index (χ0) is 18.3. The average molecular weight is 329 g/mol. The van der Waals surface area contributed by atoms with E-state index in [1.807, 2.05) is 34.6 Å². The lowest BCUT2D eigenvalue weighted by molar-refractivity contribution is 0.0599. The van der Waals surface area contributed by atoms with Crippen LogP contribution in [-0.2, 0) is 4.74 Å². The van der Waals surface area contributed by atoms with Gasteiger partial charge in [0.25, 0.3) is 0 Å². The van der Waals surface area contributed by atoms with Crippen LogP contribution in [0.15, 0.2) is 48.5 Å². The van der Waals surface area contributed by atoms with Crippen molar-refractivity contribution in [3.05, 3.63) is 48.5 Å². The molecule has 5 nitrogen and oxygen atoms in total. The van der Waals surface area contributed by atoms with E-state index in [0.717, 1.165) is 0 Å². The number of hydrogen-bond acceptors (Lipinski definition) is 4. The van der Waals surface area contributed by atoms with Crippen molar-refractivity contribution in [1.82, 2.24) is 0 Å². The maximum Gasteiger partial charge on any atom is 0.419 e. The van der Waals surface area contributed by atoms with Gasteiger partial charge in [0.05, 0.1) is 11.4 Å². The summed E-state index contributed by atoms with van der Waals surface area (Å²) in [4.78, 5) is 14.1. The van der Waals surface area contributed by atoms with Gasteiger partial charge in [-0.2, -0.15) is 0 Å². The van der Waals surface area contributed by atoms with Gasteiger partial charge in [-0.25, -0.2) is 9.69 Å². The normalized spacial score (nSPS) is 10.4. The van der Waals surface area contributed by atoms with Gasteiger partial charge in [0.1, 0.15) is 5.60 Å². The van der Waals surface area contributed by atoms with Gasteiger partial charge in [-0.1, -0.05) is 19.9 Å². The smallest absolute Gasteiger partial charge is 0.419 e. The number of ether oxygens (including phenoxy) is 1. The van der Waals surface area contributed by atoms with E-state index >= 15 is 0 Å². The van der Waals surface area contributed by atoms with Gasteiger partial charge in [0.2, 0.25) is 0 Å². The van der Waals surface area contributed by atoms with Crippen molar-refractivity contribution in [2.45, 2.75) is 40.2 Å². The number of carbonyl (C=O) groups excluding carboxylic acids is 1. The highest BCUT2D eigenvalue weighted by molar-refractivity contribution is 5.96. The Labute approximate surface area is 144 Å². The summed E-state index contributed by atoms with van der Waals surface area (Å²) < 4.78 is 5.49. The minimum atomic E-state index is -0.594. The molecule has 0 aliphatic heterocycles. The lowest BCUT2D eigenvalue weighted by Crippen LogP contribution is -2.33. The number of amides is 1. The summed E-state index contributed by atoms with van der Waals surface area (Å²) in [6, 6.07) is 14.1. The van der Waals surface area contributed by atoms with Crippen LogP contribution >= 0.6 is 0 Å². The monoisotopic (exact) mass is 329 g/mol. The van der Waals surface area contributed by atoms with Crippen LogP contribution in [0.4, 0.5) is 27.5 Å². The molecule has 0 fully saturated rings. The van der Waals surface area contributed by atoms with E-state index in [9.17, 15) is 4.79 Å². The van der Waals surface area contributed by atoms with Crippen LogP contribution in [0.3, 0.4) is 0 Å². The van der Waals surface area contributed by atoms with E-state index in [4.69, 9.17) is 16.2 Å². The number of carbonyl (C=O) groups is 1. The standard InChI is InChI=1S/C17H21N3O2.C2H6/c1-17(2,3)22-16(21)20(14-9-7-12(18)8-10-14)15-6-4-5-13(19)11-15;1-2/h4-11H,18-19H2,1-3H3;1-2H3. The first-order chi connectivity index (χ1) is 11.3. The number of nitrogen functional groups attached to an aromatic ring is 2. The number of nitrogens with zero attached hydrogens (tertiary/aromatic N) is 1. The molecule has 2 rings (SSSR count). The molecule has 0 bridgehead atoms. The fourth-order valence-corrected chi connectivity index (χ4v) is 1.95. The highest BCUT2D eigenvalue weighted by Crippen LogP contribution is 2.29. The Morgan fingerprint density at radius 2 is 1.50 bits per heavy atom. The molecule has 0 spiro atoms. The SMILES string of the molecule is CC.CC(C)(C)OC(=O)N(c1ccc(N)cc1)c1cccc(N)c1. The Morgan fingerprint density at radius 1 is 0.917 bits per heavy atom. The van der Waals surface area contributed by atoms with Crippen molar-refractivity contribution in [1.29, 1.82) is 0 Å². The Balaban J connectivity index is 0.00000139. The average Bonchev–Trinajstić information content (AvgIpc) is 2.50. The summed E-state index contributed by atoms with van der Waals surface area (Å²) >= 11 is 0. The van der Waals surface area contributed by atoms with Crippen molar-refractivity contribution in [3.8, 4) is 0 Å². The molecule has 0 heterocycles. The summed E-state index contributed by atoms with van der Waals surface area (Å²) in [7, 11) is 0. The van der Waals surface area contributed by atoms with E-state index in [1.165, 1.54) is 4.90 Å². The maximum atomic E-state index is 12.6. The fourth-order valence-electron chi connectivity index (χ4n) is 1.95. The Hall–Kier alpha value is -2.69. The van der Waals surface area contributed by atoms with Crippen molar-refractivity contribution in [3.63, 3.8) is 0 Å². The molecule has 130 valence electrons. The van der Waals surface area contributed by atoms with Crippen molar-refractivity contribution >= 4 is 28.8 Å². The van der Waals surface area contributed by atoms with Gasteiger partial charge >= 0.3 is 6.09 Å². The van der Waals surface area contributed by atoms with Crippen molar-refractivity contribution in [2.75, 3.05) is 16.4 Å². The molecule has 0 aliphatic carbocycles. The lowest BCUT2D eigenvalue weighted by Gasteiger charge is -2.27.